The first-order chi connectivity index (χ1) is 5.07. The molecule has 0 saturated carbocycles. The van der Waals surface area contributed by atoms with Gasteiger partial charge in [-0.2, -0.15) is 0 Å². The van der Waals surface area contributed by atoms with E-state index in [1.165, 1.54) is 0 Å². The van der Waals surface area contributed by atoms with Crippen molar-refractivity contribution in [2.45, 2.75) is 13.0 Å². The molecule has 64 valence electrons. The minimum atomic E-state index is -0.455. The van der Waals surface area contributed by atoms with Gasteiger partial charge in [-0.1, -0.05) is 34.3 Å². The van der Waals surface area contributed by atoms with Gasteiger partial charge in [-0.25, -0.2) is 0 Å². The molecular formula is C7H11BrO2S. The molecule has 11 heavy (non-hydrogen) atoms. The van der Waals surface area contributed by atoms with Crippen LogP contribution in [0.5, 0.6) is 0 Å². The lowest BCUT2D eigenvalue weighted by molar-refractivity contribution is -0.107. The summed E-state index contributed by atoms with van der Waals surface area (Å²) >= 11 is 4.20. The smallest absolute Gasteiger partial charge is 0.214 e. The van der Waals surface area contributed by atoms with Crippen LogP contribution < -0.4 is 0 Å². The molecule has 4 heteroatoms. The highest BCUT2D eigenvalue weighted by molar-refractivity contribution is 9.09. The molecule has 0 saturated heterocycles. The number of halogens is 1. The first-order valence-electron chi connectivity index (χ1n) is 3.14. The summed E-state index contributed by atoms with van der Waals surface area (Å²) in [6.07, 6.45) is -0.455. The molecule has 1 N–H and O–H groups in total. The van der Waals surface area contributed by atoms with Gasteiger partial charge in [-0.3, -0.25) is 4.79 Å². The quantitative estimate of drug-likeness (QED) is 0.597. The summed E-state index contributed by atoms with van der Waals surface area (Å²) in [5.41, 5.74) is 0.525. The molecule has 0 fully saturated rings. The molecule has 0 amide bonds. The van der Waals surface area contributed by atoms with Crippen molar-refractivity contribution in [2.75, 3.05) is 11.1 Å². The van der Waals surface area contributed by atoms with Crippen molar-refractivity contribution in [2.24, 2.45) is 0 Å². The molecule has 0 radical (unpaired) electrons. The van der Waals surface area contributed by atoms with Gasteiger partial charge in [0.25, 0.3) is 0 Å². The zero-order valence-electron chi connectivity index (χ0n) is 6.34. The number of alkyl halides is 1. The molecule has 0 aliphatic carbocycles. The summed E-state index contributed by atoms with van der Waals surface area (Å²) < 4.78 is 0. The van der Waals surface area contributed by atoms with Gasteiger partial charge in [0.15, 0.2) is 0 Å². The third-order valence-corrected chi connectivity index (χ3v) is 2.84. The van der Waals surface area contributed by atoms with Crippen molar-refractivity contribution in [3.05, 3.63) is 12.2 Å². The van der Waals surface area contributed by atoms with Gasteiger partial charge in [0, 0.05) is 11.1 Å². The van der Waals surface area contributed by atoms with E-state index in [0.717, 1.165) is 11.8 Å². The van der Waals surface area contributed by atoms with E-state index in [9.17, 15) is 4.79 Å². The Kier molecular flexibility index (Phi) is 5.91. The Labute approximate surface area is 79.2 Å². The predicted molar refractivity (Wildman–Crippen MR) is 52.1 cm³/mol. The highest BCUT2D eigenvalue weighted by Gasteiger charge is 2.07. The molecular weight excluding hydrogens is 228 g/mol. The molecule has 0 spiro atoms. The van der Waals surface area contributed by atoms with Crippen LogP contribution in [-0.4, -0.2) is 27.4 Å². The average Bonchev–Trinajstić information content (AvgIpc) is 1.99. The van der Waals surface area contributed by atoms with E-state index in [1.54, 1.807) is 6.92 Å². The van der Waals surface area contributed by atoms with Gasteiger partial charge in [-0.15, -0.1) is 0 Å². The lowest BCUT2D eigenvalue weighted by atomic mass is 10.4. The van der Waals surface area contributed by atoms with Crippen molar-refractivity contribution in [1.82, 2.24) is 0 Å². The fourth-order valence-electron chi connectivity index (χ4n) is 0.340. The van der Waals surface area contributed by atoms with Gasteiger partial charge >= 0.3 is 0 Å². The van der Waals surface area contributed by atoms with E-state index < -0.39 is 6.10 Å². The summed E-state index contributed by atoms with van der Waals surface area (Å²) in [7, 11) is 0. The second kappa shape index (κ2) is 5.80. The van der Waals surface area contributed by atoms with Gasteiger partial charge in [-0.05, 0) is 12.5 Å². The Hall–Kier alpha value is 0.200. The van der Waals surface area contributed by atoms with Crippen LogP contribution in [-0.2, 0) is 4.79 Å². The van der Waals surface area contributed by atoms with Crippen LogP contribution in [0.15, 0.2) is 12.2 Å². The van der Waals surface area contributed by atoms with E-state index in [2.05, 4.69) is 22.5 Å². The molecule has 0 aliphatic rings. The standard InChI is InChI=1S/C7H11BrO2S/c1-5(2)7(10)11-4-6(9)3-8/h6,9H,1,3-4H2,2H3. The van der Waals surface area contributed by atoms with Crippen LogP contribution in [0.2, 0.25) is 0 Å². The number of aliphatic hydroxyl groups excluding tert-OH is 1. The summed E-state index contributed by atoms with van der Waals surface area (Å²) in [6.45, 7) is 5.16. The molecule has 1 atom stereocenters. The zero-order valence-corrected chi connectivity index (χ0v) is 8.74. The van der Waals surface area contributed by atoms with Crippen LogP contribution in [0.25, 0.3) is 0 Å². The Morgan fingerprint density at radius 1 is 1.82 bits per heavy atom. The van der Waals surface area contributed by atoms with Crippen molar-refractivity contribution < 1.29 is 9.90 Å². The molecule has 0 heterocycles. The van der Waals surface area contributed by atoms with Crippen LogP contribution >= 0.6 is 27.7 Å². The molecule has 0 rings (SSSR count). The predicted octanol–water partition coefficient (Wildman–Crippen LogP) is 1.58. The van der Waals surface area contributed by atoms with Crippen molar-refractivity contribution >= 4 is 32.8 Å². The second-order valence-corrected chi connectivity index (χ2v) is 3.83. The maximum absolute atomic E-state index is 10.9. The first-order valence-corrected chi connectivity index (χ1v) is 5.25. The Balaban J connectivity index is 3.54. The monoisotopic (exact) mass is 238 g/mol. The van der Waals surface area contributed by atoms with E-state index in [4.69, 9.17) is 5.11 Å². The minimum Gasteiger partial charge on any atom is -0.391 e. The topological polar surface area (TPSA) is 37.3 Å². The van der Waals surface area contributed by atoms with Gasteiger partial charge < -0.3 is 5.11 Å². The summed E-state index contributed by atoms with van der Waals surface area (Å²) in [5.74, 6) is 0.428. The number of carbonyl (C=O) groups excluding carboxylic acids is 1. The highest BCUT2D eigenvalue weighted by atomic mass is 79.9. The Morgan fingerprint density at radius 3 is 2.73 bits per heavy atom. The van der Waals surface area contributed by atoms with E-state index in [1.807, 2.05) is 0 Å². The molecule has 0 aromatic heterocycles. The first kappa shape index (κ1) is 11.2. The van der Waals surface area contributed by atoms with Gasteiger partial charge in [0.1, 0.15) is 0 Å². The number of aliphatic hydroxyl groups is 1. The number of thioether (sulfide) groups is 1. The van der Waals surface area contributed by atoms with Crippen LogP contribution in [0.1, 0.15) is 6.92 Å². The van der Waals surface area contributed by atoms with Gasteiger partial charge in [0.05, 0.1) is 6.10 Å². The second-order valence-electron chi connectivity index (χ2n) is 2.19. The number of hydrogen-bond donors (Lipinski definition) is 1. The average molecular weight is 239 g/mol. The van der Waals surface area contributed by atoms with Crippen LogP contribution in [0.4, 0.5) is 0 Å². The largest absolute Gasteiger partial charge is 0.391 e. The fourth-order valence-corrected chi connectivity index (χ4v) is 1.58. The summed E-state index contributed by atoms with van der Waals surface area (Å²) in [4.78, 5) is 10.9. The lowest BCUT2D eigenvalue weighted by Crippen LogP contribution is -2.12. The molecule has 0 aromatic carbocycles. The number of hydrogen-bond acceptors (Lipinski definition) is 3. The number of carbonyl (C=O) groups is 1. The maximum Gasteiger partial charge on any atom is 0.214 e. The Morgan fingerprint density at radius 2 is 2.36 bits per heavy atom. The SMILES string of the molecule is C=C(C)C(=O)SCC(O)CBr. The zero-order chi connectivity index (χ0) is 8.85. The van der Waals surface area contributed by atoms with Crippen LogP contribution in [0.3, 0.4) is 0 Å². The summed E-state index contributed by atoms with van der Waals surface area (Å²) in [5, 5.41) is 9.49. The third kappa shape index (κ3) is 5.47. The normalized spacial score (nSPS) is 12.6. The highest BCUT2D eigenvalue weighted by Crippen LogP contribution is 2.10. The molecule has 1 unspecified atom stereocenters. The molecule has 2 nitrogen and oxygen atoms in total. The molecule has 0 aliphatic heterocycles. The van der Waals surface area contributed by atoms with Crippen molar-refractivity contribution in [3.63, 3.8) is 0 Å². The molecule has 0 aromatic rings. The van der Waals surface area contributed by atoms with Crippen molar-refractivity contribution in [1.29, 1.82) is 0 Å². The van der Waals surface area contributed by atoms with Gasteiger partial charge in [0.2, 0.25) is 5.12 Å². The third-order valence-electron chi connectivity index (χ3n) is 0.933. The van der Waals surface area contributed by atoms with E-state index in [0.29, 0.717) is 16.7 Å². The van der Waals surface area contributed by atoms with Crippen molar-refractivity contribution in [3.8, 4) is 0 Å². The Bertz CT molecular complexity index is 159. The van der Waals surface area contributed by atoms with E-state index in [-0.39, 0.29) is 5.12 Å². The lowest BCUT2D eigenvalue weighted by Gasteiger charge is -2.04. The maximum atomic E-state index is 10.9. The van der Waals surface area contributed by atoms with E-state index >= 15 is 0 Å². The fraction of sp³-hybridized carbons (Fsp3) is 0.571. The number of rotatable bonds is 4. The minimum absolute atomic E-state index is 0.0509. The van der Waals surface area contributed by atoms with Crippen LogP contribution in [0, 0.1) is 0 Å². The summed E-state index contributed by atoms with van der Waals surface area (Å²) in [6, 6.07) is 0. The molecule has 0 bridgehead atoms.